The summed E-state index contributed by atoms with van der Waals surface area (Å²) in [6.07, 6.45) is 2.58. The van der Waals surface area contributed by atoms with Crippen molar-refractivity contribution in [2.75, 3.05) is 19.0 Å². The summed E-state index contributed by atoms with van der Waals surface area (Å²) in [6.45, 7) is 6.89. The number of carbonyl (C=O) groups excluding carboxylic acids is 1. The maximum Gasteiger partial charge on any atom is 0.341 e. The van der Waals surface area contributed by atoms with Gasteiger partial charge in [0.15, 0.2) is 5.82 Å². The van der Waals surface area contributed by atoms with Crippen molar-refractivity contribution < 1.29 is 14.3 Å². The molecule has 0 saturated carbocycles. The first-order valence-electron chi connectivity index (χ1n) is 11.2. The summed E-state index contributed by atoms with van der Waals surface area (Å²) in [5, 5.41) is 10.0. The number of pyridine rings is 1. The number of hydrogen-bond donors (Lipinski definition) is 1. The molecule has 4 aromatic rings. The van der Waals surface area contributed by atoms with Crippen molar-refractivity contribution in [1.29, 1.82) is 0 Å². The predicted molar refractivity (Wildman–Crippen MR) is 135 cm³/mol. The predicted octanol–water partition coefficient (Wildman–Crippen LogP) is 6.12. The fraction of sp³-hybridized carbons (Fsp3) is 0.269. The molecule has 0 saturated heterocycles. The van der Waals surface area contributed by atoms with Gasteiger partial charge >= 0.3 is 5.97 Å². The number of hydrogen-bond acceptors (Lipinski definition) is 7. The van der Waals surface area contributed by atoms with Crippen LogP contribution in [-0.2, 0) is 11.2 Å². The molecule has 1 aromatic carbocycles. The summed E-state index contributed by atoms with van der Waals surface area (Å²) >= 11 is 1.59. The zero-order chi connectivity index (χ0) is 24.1. The Morgan fingerprint density at radius 3 is 2.74 bits per heavy atom. The Hall–Kier alpha value is -3.65. The average Bonchev–Trinajstić information content (AvgIpc) is 3.49. The van der Waals surface area contributed by atoms with Crippen LogP contribution >= 0.6 is 11.3 Å². The van der Waals surface area contributed by atoms with Gasteiger partial charge in [0.2, 0.25) is 0 Å². The van der Waals surface area contributed by atoms with Crippen molar-refractivity contribution in [1.82, 2.24) is 14.8 Å². The number of thiophene rings is 1. The monoisotopic (exact) mass is 476 g/mol. The zero-order valence-corrected chi connectivity index (χ0v) is 20.6. The highest BCUT2D eigenvalue weighted by Gasteiger charge is 2.18. The molecule has 7 nitrogen and oxygen atoms in total. The van der Waals surface area contributed by atoms with Crippen LogP contribution in [0.4, 0.5) is 11.6 Å². The number of esters is 1. The van der Waals surface area contributed by atoms with Crippen LogP contribution in [0, 0.1) is 5.92 Å². The van der Waals surface area contributed by atoms with Crippen LogP contribution < -0.4 is 10.1 Å². The third-order valence-corrected chi connectivity index (χ3v) is 6.04. The smallest absolute Gasteiger partial charge is 0.341 e. The first-order chi connectivity index (χ1) is 16.5. The third kappa shape index (κ3) is 5.28. The van der Waals surface area contributed by atoms with Gasteiger partial charge in [-0.05, 0) is 48.9 Å². The molecule has 0 aliphatic carbocycles. The second-order valence-electron chi connectivity index (χ2n) is 8.18. The van der Waals surface area contributed by atoms with E-state index < -0.39 is 5.97 Å². The lowest BCUT2D eigenvalue weighted by Gasteiger charge is -2.11. The maximum absolute atomic E-state index is 12.5. The molecule has 0 unspecified atom stereocenters. The number of rotatable bonds is 9. The minimum Gasteiger partial charge on any atom is -0.494 e. The minimum atomic E-state index is -0.459. The molecule has 4 rings (SSSR count). The first kappa shape index (κ1) is 23.5. The van der Waals surface area contributed by atoms with Gasteiger partial charge in [-0.3, -0.25) is 0 Å². The molecule has 0 fully saturated rings. The van der Waals surface area contributed by atoms with Gasteiger partial charge in [0.1, 0.15) is 17.1 Å². The fourth-order valence-corrected chi connectivity index (χ4v) is 4.38. The number of ether oxygens (including phenoxy) is 2. The average molecular weight is 477 g/mol. The van der Waals surface area contributed by atoms with E-state index in [4.69, 9.17) is 14.6 Å². The van der Waals surface area contributed by atoms with Gasteiger partial charge in [-0.25, -0.2) is 14.5 Å². The molecule has 3 heterocycles. The van der Waals surface area contributed by atoms with Gasteiger partial charge in [-0.1, -0.05) is 26.0 Å². The van der Waals surface area contributed by atoms with E-state index in [1.807, 2.05) is 59.5 Å². The van der Waals surface area contributed by atoms with Gasteiger partial charge in [-0.15, -0.1) is 16.4 Å². The molecule has 8 heteroatoms. The van der Waals surface area contributed by atoms with Crippen LogP contribution in [0.2, 0.25) is 0 Å². The Morgan fingerprint density at radius 1 is 1.18 bits per heavy atom. The molecule has 0 spiro atoms. The van der Waals surface area contributed by atoms with Crippen molar-refractivity contribution >= 4 is 28.9 Å². The Morgan fingerprint density at radius 2 is 2.03 bits per heavy atom. The summed E-state index contributed by atoms with van der Waals surface area (Å²) in [5.41, 5.74) is 3.16. The summed E-state index contributed by atoms with van der Waals surface area (Å²) in [6, 6.07) is 15.6. The van der Waals surface area contributed by atoms with E-state index in [0.717, 1.165) is 34.0 Å². The largest absolute Gasteiger partial charge is 0.494 e. The van der Waals surface area contributed by atoms with E-state index in [0.29, 0.717) is 29.7 Å². The van der Waals surface area contributed by atoms with Crippen LogP contribution in [0.15, 0.2) is 60.1 Å². The highest BCUT2D eigenvalue weighted by molar-refractivity contribution is 7.13. The molecular weight excluding hydrogens is 448 g/mol. The van der Waals surface area contributed by atoms with E-state index in [9.17, 15) is 4.79 Å². The van der Waals surface area contributed by atoms with E-state index in [1.165, 1.54) is 7.11 Å². The Kier molecular flexibility index (Phi) is 7.27. The Balaban J connectivity index is 1.71. The normalized spacial score (nSPS) is 11.0. The van der Waals surface area contributed by atoms with Crippen LogP contribution in [0.1, 0.15) is 36.8 Å². The Labute approximate surface area is 203 Å². The second kappa shape index (κ2) is 10.5. The highest BCUT2D eigenvalue weighted by atomic mass is 32.1. The Bertz CT molecular complexity index is 1270. The van der Waals surface area contributed by atoms with Gasteiger partial charge in [0.25, 0.3) is 0 Å². The van der Waals surface area contributed by atoms with Crippen LogP contribution in [-0.4, -0.2) is 34.5 Å². The van der Waals surface area contributed by atoms with Crippen LogP contribution in [0.25, 0.3) is 16.1 Å². The molecule has 0 atom stereocenters. The number of benzene rings is 1. The molecule has 0 amide bonds. The molecule has 0 bridgehead atoms. The van der Waals surface area contributed by atoms with E-state index in [2.05, 4.69) is 24.1 Å². The quantitative estimate of drug-likeness (QED) is 0.293. The van der Waals surface area contributed by atoms with Gasteiger partial charge in [-0.2, -0.15) is 0 Å². The molecule has 176 valence electrons. The molecule has 3 aromatic heterocycles. The number of methoxy groups -OCH3 is 1. The van der Waals surface area contributed by atoms with Crippen molar-refractivity contribution in [3.05, 3.63) is 71.4 Å². The molecule has 0 aliphatic heterocycles. The van der Waals surface area contributed by atoms with Crippen LogP contribution in [0.5, 0.6) is 5.75 Å². The van der Waals surface area contributed by atoms with Crippen molar-refractivity contribution in [3.63, 3.8) is 0 Å². The lowest BCUT2D eigenvalue weighted by atomic mass is 10.1. The molecule has 0 aliphatic rings. The topological polar surface area (TPSA) is 78.3 Å². The van der Waals surface area contributed by atoms with Gasteiger partial charge < -0.3 is 14.8 Å². The standard InChI is InChI=1S/C26H28N4O3S/c1-5-33-21-9-6-8-19(14-21)30-20(12-17(2)3)15-24(29-30)28-25-22(26(31)32-4)13-18(16-27-25)23-10-7-11-34-23/h6-11,13-17H,5,12H2,1-4H3,(H,27,28,29). The molecule has 0 radical (unpaired) electrons. The second-order valence-corrected chi connectivity index (χ2v) is 9.12. The lowest BCUT2D eigenvalue weighted by molar-refractivity contribution is 0.0601. The molecule has 1 N–H and O–H groups in total. The zero-order valence-electron chi connectivity index (χ0n) is 19.7. The third-order valence-electron chi connectivity index (χ3n) is 5.12. The number of nitrogens with zero attached hydrogens (tertiary/aromatic N) is 3. The van der Waals surface area contributed by atoms with E-state index >= 15 is 0 Å². The summed E-state index contributed by atoms with van der Waals surface area (Å²) in [5.74, 6) is 1.76. The number of nitrogens with one attached hydrogen (secondary N) is 1. The van der Waals surface area contributed by atoms with Crippen LogP contribution in [0.3, 0.4) is 0 Å². The molecule has 34 heavy (non-hydrogen) atoms. The van der Waals surface area contributed by atoms with E-state index in [1.54, 1.807) is 23.6 Å². The number of aromatic nitrogens is 3. The first-order valence-corrected chi connectivity index (χ1v) is 12.1. The highest BCUT2D eigenvalue weighted by Crippen LogP contribution is 2.29. The summed E-state index contributed by atoms with van der Waals surface area (Å²) in [4.78, 5) is 18.1. The lowest BCUT2D eigenvalue weighted by Crippen LogP contribution is -2.08. The van der Waals surface area contributed by atoms with Crippen molar-refractivity contribution in [3.8, 4) is 21.9 Å². The number of carbonyl (C=O) groups is 1. The van der Waals surface area contributed by atoms with Crippen molar-refractivity contribution in [2.24, 2.45) is 5.92 Å². The van der Waals surface area contributed by atoms with Crippen molar-refractivity contribution in [2.45, 2.75) is 27.2 Å². The summed E-state index contributed by atoms with van der Waals surface area (Å²) < 4.78 is 12.6. The maximum atomic E-state index is 12.5. The van der Waals surface area contributed by atoms with E-state index in [-0.39, 0.29) is 0 Å². The van der Waals surface area contributed by atoms with Gasteiger partial charge in [0, 0.05) is 34.5 Å². The summed E-state index contributed by atoms with van der Waals surface area (Å²) in [7, 11) is 1.37. The van der Waals surface area contributed by atoms with Gasteiger partial charge in [0.05, 0.1) is 19.4 Å². The minimum absolute atomic E-state index is 0.353. The number of anilines is 2. The molecular formula is C26H28N4O3S. The SMILES string of the molecule is CCOc1cccc(-n2nc(Nc3ncc(-c4cccs4)cc3C(=O)OC)cc2CC(C)C)c1. The fourth-order valence-electron chi connectivity index (χ4n) is 3.67.